The lowest BCUT2D eigenvalue weighted by Gasteiger charge is -2.16. The van der Waals surface area contributed by atoms with Crippen molar-refractivity contribution in [3.8, 4) is 5.75 Å². The largest absolute Gasteiger partial charge is 0.495 e. The van der Waals surface area contributed by atoms with Crippen LogP contribution in [0.4, 0.5) is 0 Å². The second-order valence-corrected chi connectivity index (χ2v) is 5.52. The predicted molar refractivity (Wildman–Crippen MR) is 86.8 cm³/mol. The molecule has 0 saturated carbocycles. The summed E-state index contributed by atoms with van der Waals surface area (Å²) >= 11 is 12.3. The van der Waals surface area contributed by atoms with Crippen LogP contribution in [0.5, 0.6) is 5.75 Å². The Morgan fingerprint density at radius 2 is 1.81 bits per heavy atom. The second-order valence-electron chi connectivity index (χ2n) is 4.70. The lowest BCUT2D eigenvalue weighted by atomic mass is 9.88. The Balaban J connectivity index is 2.41. The Labute approximate surface area is 134 Å². The van der Waals surface area contributed by atoms with Gasteiger partial charge in [-0.15, -0.1) is 0 Å². The predicted octanol–water partition coefficient (Wildman–Crippen LogP) is 5.38. The molecule has 1 atom stereocenters. The molecule has 21 heavy (non-hydrogen) atoms. The maximum absolute atomic E-state index is 12.8. The summed E-state index contributed by atoms with van der Waals surface area (Å²) in [5, 5.41) is 0.740. The first kappa shape index (κ1) is 15.9. The topological polar surface area (TPSA) is 26.3 Å². The van der Waals surface area contributed by atoms with E-state index in [1.165, 1.54) is 7.11 Å². The number of Topliss-reactive ketones (excluding diaryl/α,β-unsaturated/α-hetero) is 1. The molecule has 2 nitrogen and oxygen atoms in total. The maximum atomic E-state index is 12.8. The molecular formula is C17H16Cl2O2. The third kappa shape index (κ3) is 3.39. The van der Waals surface area contributed by atoms with Crippen LogP contribution in [0.2, 0.25) is 10.0 Å². The van der Waals surface area contributed by atoms with E-state index in [1.54, 1.807) is 12.1 Å². The monoisotopic (exact) mass is 322 g/mol. The fraction of sp³-hybridized carbons (Fsp3) is 0.235. The number of carbonyl (C=O) groups is 1. The van der Waals surface area contributed by atoms with Crippen LogP contribution in [0.25, 0.3) is 0 Å². The van der Waals surface area contributed by atoms with Gasteiger partial charge in [-0.1, -0.05) is 60.5 Å². The molecule has 0 aliphatic rings. The number of hydrogen-bond donors (Lipinski definition) is 0. The molecule has 0 N–H and O–H groups in total. The van der Waals surface area contributed by atoms with E-state index < -0.39 is 0 Å². The van der Waals surface area contributed by atoms with Crippen molar-refractivity contribution < 1.29 is 9.53 Å². The Morgan fingerprint density at radius 1 is 1.14 bits per heavy atom. The third-order valence-electron chi connectivity index (χ3n) is 3.43. The van der Waals surface area contributed by atoms with Crippen LogP contribution >= 0.6 is 23.2 Å². The van der Waals surface area contributed by atoms with Gasteiger partial charge in [0.05, 0.1) is 17.2 Å². The molecular weight excluding hydrogens is 307 g/mol. The minimum absolute atomic E-state index is 0.0294. The van der Waals surface area contributed by atoms with Crippen molar-refractivity contribution in [1.29, 1.82) is 0 Å². The quantitative estimate of drug-likeness (QED) is 0.691. The molecule has 0 aromatic heterocycles. The van der Waals surface area contributed by atoms with E-state index in [9.17, 15) is 4.79 Å². The van der Waals surface area contributed by atoms with E-state index >= 15 is 0 Å². The summed E-state index contributed by atoms with van der Waals surface area (Å²) in [6.07, 6.45) is 0.697. The van der Waals surface area contributed by atoms with Gasteiger partial charge in [0.25, 0.3) is 0 Å². The molecule has 0 amide bonds. The smallest absolute Gasteiger partial charge is 0.171 e. The molecule has 4 heteroatoms. The number of ether oxygens (including phenoxy) is 1. The average molecular weight is 323 g/mol. The third-order valence-corrected chi connectivity index (χ3v) is 4.04. The first-order valence-electron chi connectivity index (χ1n) is 6.70. The van der Waals surface area contributed by atoms with Crippen LogP contribution in [0, 0.1) is 0 Å². The van der Waals surface area contributed by atoms with Crippen molar-refractivity contribution in [3.63, 3.8) is 0 Å². The Morgan fingerprint density at radius 3 is 2.38 bits per heavy atom. The number of ketones is 1. The van der Waals surface area contributed by atoms with Crippen molar-refractivity contribution in [3.05, 3.63) is 63.6 Å². The van der Waals surface area contributed by atoms with Gasteiger partial charge in [0.2, 0.25) is 0 Å². The number of carbonyl (C=O) groups excluding carboxylic acids is 1. The second kappa shape index (κ2) is 6.97. The molecule has 0 radical (unpaired) electrons. The minimum atomic E-state index is -0.229. The van der Waals surface area contributed by atoms with Gasteiger partial charge < -0.3 is 4.74 Å². The molecule has 2 aromatic rings. The highest BCUT2D eigenvalue weighted by molar-refractivity contribution is 6.37. The van der Waals surface area contributed by atoms with Gasteiger partial charge in [0.1, 0.15) is 5.75 Å². The standard InChI is InChI=1S/C17H16Cl2O2/c1-3-12(11-7-5-4-6-8-11)17(20)13-9-15(19)16(21-2)10-14(13)18/h4-10,12H,3H2,1-2H3. The molecule has 0 fully saturated rings. The van der Waals surface area contributed by atoms with Gasteiger partial charge in [-0.3, -0.25) is 4.79 Å². The van der Waals surface area contributed by atoms with Gasteiger partial charge in [-0.2, -0.15) is 0 Å². The summed E-state index contributed by atoms with van der Waals surface area (Å²) in [6, 6.07) is 12.8. The number of hydrogen-bond acceptors (Lipinski definition) is 2. The van der Waals surface area contributed by atoms with Gasteiger partial charge in [0, 0.05) is 17.5 Å². The molecule has 0 heterocycles. The first-order chi connectivity index (χ1) is 10.1. The summed E-state index contributed by atoms with van der Waals surface area (Å²) in [5.41, 5.74) is 1.41. The SMILES string of the molecule is CCC(C(=O)c1cc(Cl)c(OC)cc1Cl)c1ccccc1. The highest BCUT2D eigenvalue weighted by Crippen LogP contribution is 2.34. The zero-order valence-corrected chi connectivity index (χ0v) is 13.4. The number of rotatable bonds is 5. The minimum Gasteiger partial charge on any atom is -0.495 e. The van der Waals surface area contributed by atoms with Crippen LogP contribution < -0.4 is 4.74 Å². The molecule has 110 valence electrons. The lowest BCUT2D eigenvalue weighted by molar-refractivity contribution is 0.0957. The van der Waals surface area contributed by atoms with E-state index in [0.717, 1.165) is 5.56 Å². The van der Waals surface area contributed by atoms with E-state index in [1.807, 2.05) is 37.3 Å². The normalized spacial score (nSPS) is 12.0. The summed E-state index contributed by atoms with van der Waals surface area (Å²) in [5.74, 6) is 0.206. The van der Waals surface area contributed by atoms with E-state index in [0.29, 0.717) is 27.8 Å². The summed E-state index contributed by atoms with van der Waals surface area (Å²) in [4.78, 5) is 12.8. The van der Waals surface area contributed by atoms with Crippen LogP contribution in [-0.4, -0.2) is 12.9 Å². The average Bonchev–Trinajstić information content (AvgIpc) is 2.50. The van der Waals surface area contributed by atoms with E-state index in [2.05, 4.69) is 0 Å². The van der Waals surface area contributed by atoms with Gasteiger partial charge in [-0.25, -0.2) is 0 Å². The summed E-state index contributed by atoms with van der Waals surface area (Å²) < 4.78 is 5.10. The molecule has 0 spiro atoms. The van der Waals surface area contributed by atoms with Gasteiger partial charge >= 0.3 is 0 Å². The Kier molecular flexibility index (Phi) is 5.27. The Hall–Kier alpha value is -1.51. The highest BCUT2D eigenvalue weighted by Gasteiger charge is 2.23. The van der Waals surface area contributed by atoms with Crippen LogP contribution in [0.1, 0.15) is 35.2 Å². The first-order valence-corrected chi connectivity index (χ1v) is 7.46. The highest BCUT2D eigenvalue weighted by atomic mass is 35.5. The van der Waals surface area contributed by atoms with Crippen molar-refractivity contribution >= 4 is 29.0 Å². The molecule has 0 aliphatic heterocycles. The zero-order chi connectivity index (χ0) is 15.4. The molecule has 0 bridgehead atoms. The molecule has 2 rings (SSSR count). The fourth-order valence-electron chi connectivity index (χ4n) is 2.32. The number of methoxy groups -OCH3 is 1. The summed E-state index contributed by atoms with van der Waals surface area (Å²) in [7, 11) is 1.51. The van der Waals surface area contributed by atoms with Crippen molar-refractivity contribution in [2.45, 2.75) is 19.3 Å². The fourth-order valence-corrected chi connectivity index (χ4v) is 2.81. The maximum Gasteiger partial charge on any atom is 0.171 e. The van der Waals surface area contributed by atoms with Crippen LogP contribution in [0.3, 0.4) is 0 Å². The number of halogens is 2. The van der Waals surface area contributed by atoms with Crippen molar-refractivity contribution in [2.24, 2.45) is 0 Å². The van der Waals surface area contributed by atoms with Gasteiger partial charge in [0.15, 0.2) is 5.78 Å². The van der Waals surface area contributed by atoms with Crippen LogP contribution in [0.15, 0.2) is 42.5 Å². The van der Waals surface area contributed by atoms with Gasteiger partial charge in [-0.05, 0) is 18.1 Å². The number of benzene rings is 2. The Bertz CT molecular complexity index is 639. The summed E-state index contributed by atoms with van der Waals surface area (Å²) in [6.45, 7) is 1.98. The zero-order valence-electron chi connectivity index (χ0n) is 11.9. The molecule has 2 aromatic carbocycles. The van der Waals surface area contributed by atoms with E-state index in [-0.39, 0.29) is 11.7 Å². The molecule has 0 aliphatic carbocycles. The van der Waals surface area contributed by atoms with E-state index in [4.69, 9.17) is 27.9 Å². The molecule has 0 saturated heterocycles. The van der Waals surface area contributed by atoms with Crippen molar-refractivity contribution in [2.75, 3.05) is 7.11 Å². The van der Waals surface area contributed by atoms with Crippen LogP contribution in [-0.2, 0) is 0 Å². The van der Waals surface area contributed by atoms with Crippen molar-refractivity contribution in [1.82, 2.24) is 0 Å². The molecule has 1 unspecified atom stereocenters. The lowest BCUT2D eigenvalue weighted by Crippen LogP contribution is -2.13.